The van der Waals surface area contributed by atoms with E-state index in [0.717, 1.165) is 13.0 Å². The molecule has 0 saturated carbocycles. The highest BCUT2D eigenvalue weighted by atomic mass is 79.9. The molecule has 1 atom stereocenters. The first kappa shape index (κ1) is 15.3. The predicted octanol–water partition coefficient (Wildman–Crippen LogP) is 1.73. The van der Waals surface area contributed by atoms with Crippen LogP contribution in [0.1, 0.15) is 13.3 Å². The van der Waals surface area contributed by atoms with Gasteiger partial charge in [0.25, 0.3) is 5.56 Å². The molecule has 5 nitrogen and oxygen atoms in total. The summed E-state index contributed by atoms with van der Waals surface area (Å²) in [6.45, 7) is 2.13. The molecule has 0 aliphatic carbocycles. The van der Waals surface area contributed by atoms with Crippen molar-refractivity contribution in [2.24, 2.45) is 0 Å². The van der Waals surface area contributed by atoms with Gasteiger partial charge < -0.3 is 10.6 Å². The fourth-order valence-electron chi connectivity index (χ4n) is 2.08. The molecule has 1 aliphatic heterocycles. The molecule has 1 aliphatic rings. The van der Waals surface area contributed by atoms with Crippen molar-refractivity contribution < 1.29 is 13.2 Å². The summed E-state index contributed by atoms with van der Waals surface area (Å²) in [5.41, 5.74) is -0.645. The standard InChI is InChI=1S/C11H14BrF3N4O/c1-10(2-3-16-5-10)18-7-4-17-19(6-11(13,14)15)9(20)8(7)12/h4,16,18H,2-3,5-6H2,1H3. The second-order valence-corrected chi connectivity index (χ2v) is 5.86. The highest BCUT2D eigenvalue weighted by Gasteiger charge is 2.31. The van der Waals surface area contributed by atoms with E-state index in [2.05, 4.69) is 31.7 Å². The smallest absolute Gasteiger partial charge is 0.376 e. The van der Waals surface area contributed by atoms with Crippen LogP contribution in [0.25, 0.3) is 0 Å². The van der Waals surface area contributed by atoms with E-state index >= 15 is 0 Å². The van der Waals surface area contributed by atoms with E-state index in [1.165, 1.54) is 6.20 Å². The average molecular weight is 355 g/mol. The molecule has 2 N–H and O–H groups in total. The zero-order chi connectivity index (χ0) is 15.0. The van der Waals surface area contributed by atoms with Crippen LogP contribution in [0, 0.1) is 0 Å². The molecular formula is C11H14BrF3N4O. The molecule has 20 heavy (non-hydrogen) atoms. The van der Waals surface area contributed by atoms with Gasteiger partial charge in [-0.25, -0.2) is 4.68 Å². The van der Waals surface area contributed by atoms with Crippen LogP contribution in [0.15, 0.2) is 15.5 Å². The Bertz CT molecular complexity index is 552. The molecule has 1 aromatic rings. The van der Waals surface area contributed by atoms with Gasteiger partial charge in [0.15, 0.2) is 0 Å². The summed E-state index contributed by atoms with van der Waals surface area (Å²) in [5.74, 6) is 0. The first-order valence-corrected chi connectivity index (χ1v) is 6.81. The lowest BCUT2D eigenvalue weighted by Crippen LogP contribution is -2.38. The Morgan fingerprint density at radius 1 is 1.60 bits per heavy atom. The van der Waals surface area contributed by atoms with E-state index in [9.17, 15) is 18.0 Å². The van der Waals surface area contributed by atoms with E-state index in [0.29, 0.717) is 16.9 Å². The molecule has 1 unspecified atom stereocenters. The zero-order valence-corrected chi connectivity index (χ0v) is 12.3. The van der Waals surface area contributed by atoms with Crippen molar-refractivity contribution in [3.05, 3.63) is 21.0 Å². The van der Waals surface area contributed by atoms with Gasteiger partial charge in [-0.1, -0.05) is 0 Å². The molecule has 1 aromatic heterocycles. The number of alkyl halides is 3. The minimum absolute atomic E-state index is 0.0601. The first-order valence-electron chi connectivity index (χ1n) is 6.01. The summed E-state index contributed by atoms with van der Waals surface area (Å²) in [7, 11) is 0. The van der Waals surface area contributed by atoms with Crippen molar-refractivity contribution in [1.82, 2.24) is 15.1 Å². The SMILES string of the molecule is CC1(Nc2cnn(CC(F)(F)F)c(=O)c2Br)CCNC1. The molecule has 9 heteroatoms. The fourth-order valence-corrected chi connectivity index (χ4v) is 2.49. The maximum atomic E-state index is 12.3. The van der Waals surface area contributed by atoms with Gasteiger partial charge in [-0.15, -0.1) is 0 Å². The second kappa shape index (κ2) is 5.36. The molecule has 0 spiro atoms. The molecule has 2 heterocycles. The first-order chi connectivity index (χ1) is 9.20. The maximum Gasteiger partial charge on any atom is 0.408 e. The van der Waals surface area contributed by atoms with Crippen LogP contribution in [0.4, 0.5) is 18.9 Å². The van der Waals surface area contributed by atoms with Crippen LogP contribution in [0.3, 0.4) is 0 Å². The Morgan fingerprint density at radius 2 is 2.30 bits per heavy atom. The van der Waals surface area contributed by atoms with Crippen LogP contribution in [0.2, 0.25) is 0 Å². The molecule has 1 fully saturated rings. The monoisotopic (exact) mass is 354 g/mol. The number of aromatic nitrogens is 2. The third-order valence-corrected chi connectivity index (χ3v) is 3.89. The molecule has 0 amide bonds. The van der Waals surface area contributed by atoms with Gasteiger partial charge in [0.1, 0.15) is 11.0 Å². The van der Waals surface area contributed by atoms with E-state index in [4.69, 9.17) is 0 Å². The van der Waals surface area contributed by atoms with Gasteiger partial charge in [-0.3, -0.25) is 4.79 Å². The number of rotatable bonds is 3. The second-order valence-electron chi connectivity index (χ2n) is 5.06. The molecule has 0 bridgehead atoms. The molecule has 0 radical (unpaired) electrons. The largest absolute Gasteiger partial charge is 0.408 e. The normalized spacial score (nSPS) is 23.1. The minimum Gasteiger partial charge on any atom is -0.376 e. The van der Waals surface area contributed by atoms with Gasteiger partial charge in [0.05, 0.1) is 11.9 Å². The third kappa shape index (κ3) is 3.51. The third-order valence-electron chi connectivity index (χ3n) is 3.12. The predicted molar refractivity (Wildman–Crippen MR) is 71.8 cm³/mol. The molecule has 1 saturated heterocycles. The lowest BCUT2D eigenvalue weighted by molar-refractivity contribution is -0.143. The number of hydrogen-bond acceptors (Lipinski definition) is 4. The molecule has 2 rings (SSSR count). The Hall–Kier alpha value is -1.09. The van der Waals surface area contributed by atoms with Crippen LogP contribution in [-0.2, 0) is 6.54 Å². The number of nitrogens with one attached hydrogen (secondary N) is 2. The Kier molecular flexibility index (Phi) is 4.10. The van der Waals surface area contributed by atoms with E-state index < -0.39 is 18.3 Å². The van der Waals surface area contributed by atoms with E-state index in [-0.39, 0.29) is 10.0 Å². The minimum atomic E-state index is -4.48. The number of nitrogens with zero attached hydrogens (tertiary/aromatic N) is 2. The van der Waals surface area contributed by atoms with Crippen molar-refractivity contribution in [1.29, 1.82) is 0 Å². The van der Waals surface area contributed by atoms with Crippen molar-refractivity contribution in [3.8, 4) is 0 Å². The van der Waals surface area contributed by atoms with Crippen LogP contribution >= 0.6 is 15.9 Å². The van der Waals surface area contributed by atoms with Gasteiger partial charge in [-0.2, -0.15) is 18.3 Å². The van der Waals surface area contributed by atoms with Gasteiger partial charge in [0.2, 0.25) is 0 Å². The summed E-state index contributed by atoms with van der Waals surface area (Å²) < 4.78 is 37.4. The number of halogens is 4. The number of hydrogen-bond donors (Lipinski definition) is 2. The van der Waals surface area contributed by atoms with E-state index in [1.807, 2.05) is 6.92 Å². The summed E-state index contributed by atoms with van der Waals surface area (Å²) in [4.78, 5) is 11.8. The van der Waals surface area contributed by atoms with Crippen LogP contribution in [-0.4, -0.2) is 34.6 Å². The lowest BCUT2D eigenvalue weighted by atomic mass is 10.0. The maximum absolute atomic E-state index is 12.3. The van der Waals surface area contributed by atoms with Crippen LogP contribution < -0.4 is 16.2 Å². The fraction of sp³-hybridized carbons (Fsp3) is 0.636. The Balaban J connectivity index is 2.25. The van der Waals surface area contributed by atoms with Crippen molar-refractivity contribution >= 4 is 21.6 Å². The Labute approximate surface area is 121 Å². The van der Waals surface area contributed by atoms with Gasteiger partial charge >= 0.3 is 6.18 Å². The molecule has 112 valence electrons. The summed E-state index contributed by atoms with van der Waals surface area (Å²) in [6, 6.07) is 0. The molecular weight excluding hydrogens is 341 g/mol. The summed E-state index contributed by atoms with van der Waals surface area (Å²) in [6.07, 6.45) is -2.39. The van der Waals surface area contributed by atoms with Crippen molar-refractivity contribution in [2.75, 3.05) is 18.4 Å². The number of anilines is 1. The topological polar surface area (TPSA) is 59.0 Å². The van der Waals surface area contributed by atoms with E-state index in [1.54, 1.807) is 0 Å². The van der Waals surface area contributed by atoms with Crippen LogP contribution in [0.5, 0.6) is 0 Å². The van der Waals surface area contributed by atoms with Crippen molar-refractivity contribution in [3.63, 3.8) is 0 Å². The van der Waals surface area contributed by atoms with Gasteiger partial charge in [0, 0.05) is 12.1 Å². The molecule has 0 aromatic carbocycles. The Morgan fingerprint density at radius 3 is 2.85 bits per heavy atom. The van der Waals surface area contributed by atoms with Crippen molar-refractivity contribution in [2.45, 2.75) is 31.6 Å². The zero-order valence-electron chi connectivity index (χ0n) is 10.7. The quantitative estimate of drug-likeness (QED) is 0.867. The highest BCUT2D eigenvalue weighted by Crippen LogP contribution is 2.25. The summed E-state index contributed by atoms with van der Waals surface area (Å²) >= 11 is 3.05. The van der Waals surface area contributed by atoms with Gasteiger partial charge in [-0.05, 0) is 35.8 Å². The average Bonchev–Trinajstić information content (AvgIpc) is 2.74. The lowest BCUT2D eigenvalue weighted by Gasteiger charge is -2.26. The highest BCUT2D eigenvalue weighted by molar-refractivity contribution is 9.10. The summed E-state index contributed by atoms with van der Waals surface area (Å²) in [5, 5.41) is 9.90.